The highest BCUT2D eigenvalue weighted by molar-refractivity contribution is 7.91. The molecule has 0 atom stereocenters. The summed E-state index contributed by atoms with van der Waals surface area (Å²) in [4.78, 5) is 37.2. The molecule has 0 heterocycles. The Labute approximate surface area is 186 Å². The van der Waals surface area contributed by atoms with E-state index < -0.39 is 40.0 Å². The number of nitrogens with zero attached hydrogens (tertiary/aromatic N) is 1. The van der Waals surface area contributed by atoms with Gasteiger partial charge in [-0.25, -0.2) is 8.42 Å². The molecule has 10 heteroatoms. The number of likely N-dealkylation sites (N-methyl/N-ethyl adjacent to an activating group) is 1. The molecule has 0 aromatic heterocycles. The number of anilines is 1. The van der Waals surface area contributed by atoms with Gasteiger partial charge in [-0.15, -0.1) is 0 Å². The van der Waals surface area contributed by atoms with Crippen LogP contribution in [0.2, 0.25) is 5.02 Å². The fourth-order valence-corrected chi connectivity index (χ4v) is 3.87. The summed E-state index contributed by atoms with van der Waals surface area (Å²) in [6.07, 6.45) is -0.389. The summed E-state index contributed by atoms with van der Waals surface area (Å²) in [7, 11) is -2.26. The molecule has 0 aliphatic heterocycles. The third-order valence-electron chi connectivity index (χ3n) is 4.27. The summed E-state index contributed by atoms with van der Waals surface area (Å²) in [6.45, 7) is 0.963. The zero-order valence-corrected chi connectivity index (χ0v) is 18.7. The lowest BCUT2D eigenvalue weighted by molar-refractivity contribution is -0.151. The van der Waals surface area contributed by atoms with E-state index in [1.54, 1.807) is 36.4 Å². The van der Waals surface area contributed by atoms with Gasteiger partial charge in [0.1, 0.15) is 0 Å². The van der Waals surface area contributed by atoms with Crippen LogP contribution in [-0.4, -0.2) is 57.1 Å². The third kappa shape index (κ3) is 7.69. The second-order valence-electron chi connectivity index (χ2n) is 6.82. The van der Waals surface area contributed by atoms with Crippen LogP contribution >= 0.6 is 11.6 Å². The van der Waals surface area contributed by atoms with Crippen molar-refractivity contribution in [2.24, 2.45) is 0 Å². The molecule has 0 bridgehead atoms. The fourth-order valence-electron chi connectivity index (χ4n) is 2.46. The lowest BCUT2D eigenvalue weighted by Gasteiger charge is -2.17. The first-order valence-electron chi connectivity index (χ1n) is 9.32. The highest BCUT2D eigenvalue weighted by Crippen LogP contribution is 2.20. The van der Waals surface area contributed by atoms with Crippen LogP contribution in [0.15, 0.2) is 53.4 Å². The predicted molar refractivity (Wildman–Crippen MR) is 117 cm³/mol. The number of ether oxygens (including phenoxy) is 1. The minimum Gasteiger partial charge on any atom is -0.456 e. The largest absolute Gasteiger partial charge is 0.456 e. The topological polar surface area (TPSA) is 110 Å². The van der Waals surface area contributed by atoms with Crippen LogP contribution in [0.5, 0.6) is 0 Å². The van der Waals surface area contributed by atoms with E-state index in [0.29, 0.717) is 10.7 Å². The average Bonchev–Trinajstić information content (AvgIpc) is 2.72. The van der Waals surface area contributed by atoms with Crippen molar-refractivity contribution < 1.29 is 27.5 Å². The van der Waals surface area contributed by atoms with Gasteiger partial charge in [-0.3, -0.25) is 14.4 Å². The van der Waals surface area contributed by atoms with E-state index >= 15 is 0 Å². The molecule has 0 aliphatic rings. The summed E-state index contributed by atoms with van der Waals surface area (Å²) < 4.78 is 29.4. The standard InChI is InChI=1S/C21H23ClN2O6S/c1-15-7-9-16(10-8-15)31(28,29)12-11-21(27)30-14-20(26)24(2)13-19(25)23-18-6-4-3-5-17(18)22/h3-10H,11-14H2,1-2H3,(H,23,25). The normalized spacial score (nSPS) is 10.9. The zero-order valence-electron chi connectivity index (χ0n) is 17.1. The Morgan fingerprint density at radius 1 is 1.06 bits per heavy atom. The Morgan fingerprint density at radius 2 is 1.71 bits per heavy atom. The number of esters is 1. The van der Waals surface area contributed by atoms with Gasteiger partial charge in [-0.1, -0.05) is 41.4 Å². The molecule has 2 rings (SSSR count). The smallest absolute Gasteiger partial charge is 0.307 e. The second-order valence-corrected chi connectivity index (χ2v) is 9.34. The number of nitrogens with one attached hydrogen (secondary N) is 1. The van der Waals surface area contributed by atoms with Gasteiger partial charge in [0.05, 0.1) is 34.3 Å². The van der Waals surface area contributed by atoms with Crippen molar-refractivity contribution in [3.05, 3.63) is 59.1 Å². The Morgan fingerprint density at radius 3 is 2.35 bits per heavy atom. The number of halogens is 1. The molecule has 2 aromatic carbocycles. The van der Waals surface area contributed by atoms with E-state index in [4.69, 9.17) is 16.3 Å². The number of aryl methyl sites for hydroxylation is 1. The zero-order chi connectivity index (χ0) is 23.0. The summed E-state index contributed by atoms with van der Waals surface area (Å²) >= 11 is 5.96. The fraction of sp³-hybridized carbons (Fsp3) is 0.286. The van der Waals surface area contributed by atoms with Gasteiger partial charge < -0.3 is 15.0 Å². The molecule has 2 amide bonds. The van der Waals surface area contributed by atoms with E-state index in [-0.39, 0.29) is 17.9 Å². The summed E-state index contributed by atoms with van der Waals surface area (Å²) in [5.74, 6) is -2.33. The summed E-state index contributed by atoms with van der Waals surface area (Å²) in [6, 6.07) is 12.9. The van der Waals surface area contributed by atoms with Crippen LogP contribution < -0.4 is 5.32 Å². The molecule has 166 valence electrons. The lowest BCUT2D eigenvalue weighted by Crippen LogP contribution is -2.37. The van der Waals surface area contributed by atoms with Crippen molar-refractivity contribution in [1.29, 1.82) is 0 Å². The summed E-state index contributed by atoms with van der Waals surface area (Å²) in [5.41, 5.74) is 1.33. The monoisotopic (exact) mass is 466 g/mol. The molecule has 0 radical (unpaired) electrons. The van der Waals surface area contributed by atoms with Gasteiger partial charge in [0, 0.05) is 7.05 Å². The molecular weight excluding hydrogens is 444 g/mol. The average molecular weight is 467 g/mol. The van der Waals surface area contributed by atoms with Gasteiger partial charge in [-0.05, 0) is 31.2 Å². The first kappa shape index (κ1) is 24.4. The third-order valence-corrected chi connectivity index (χ3v) is 6.33. The quantitative estimate of drug-likeness (QED) is 0.568. The number of rotatable bonds is 9. The van der Waals surface area contributed by atoms with Crippen LogP contribution in [0, 0.1) is 6.92 Å². The van der Waals surface area contributed by atoms with Crippen molar-refractivity contribution in [3.8, 4) is 0 Å². The number of para-hydroxylation sites is 1. The SMILES string of the molecule is Cc1ccc(S(=O)(=O)CCC(=O)OCC(=O)N(C)CC(=O)Nc2ccccc2Cl)cc1. The lowest BCUT2D eigenvalue weighted by atomic mass is 10.2. The highest BCUT2D eigenvalue weighted by Gasteiger charge is 2.19. The van der Waals surface area contributed by atoms with Crippen molar-refractivity contribution >= 4 is 44.9 Å². The Hall–Kier alpha value is -2.91. The molecule has 0 aliphatic carbocycles. The van der Waals surface area contributed by atoms with Crippen molar-refractivity contribution in [2.45, 2.75) is 18.2 Å². The van der Waals surface area contributed by atoms with E-state index in [9.17, 15) is 22.8 Å². The molecule has 0 spiro atoms. The maximum atomic E-state index is 12.3. The van der Waals surface area contributed by atoms with Crippen LogP contribution in [0.4, 0.5) is 5.69 Å². The van der Waals surface area contributed by atoms with Crippen molar-refractivity contribution in [1.82, 2.24) is 4.90 Å². The molecule has 0 fully saturated rings. The van der Waals surface area contributed by atoms with Gasteiger partial charge >= 0.3 is 5.97 Å². The first-order chi connectivity index (χ1) is 14.6. The molecular formula is C21H23ClN2O6S. The molecule has 31 heavy (non-hydrogen) atoms. The molecule has 8 nitrogen and oxygen atoms in total. The Bertz CT molecular complexity index is 1050. The number of carbonyl (C=O) groups excluding carboxylic acids is 3. The van der Waals surface area contributed by atoms with E-state index in [0.717, 1.165) is 10.5 Å². The van der Waals surface area contributed by atoms with Gasteiger partial charge in [0.25, 0.3) is 5.91 Å². The van der Waals surface area contributed by atoms with E-state index in [1.807, 2.05) is 6.92 Å². The first-order valence-corrected chi connectivity index (χ1v) is 11.3. The number of amides is 2. The highest BCUT2D eigenvalue weighted by atomic mass is 35.5. The number of carbonyl (C=O) groups is 3. The van der Waals surface area contributed by atoms with Crippen LogP contribution in [-0.2, 0) is 29.0 Å². The number of hydrogen-bond acceptors (Lipinski definition) is 6. The molecule has 2 aromatic rings. The number of hydrogen-bond donors (Lipinski definition) is 1. The maximum absolute atomic E-state index is 12.3. The van der Waals surface area contributed by atoms with Gasteiger partial charge in [-0.2, -0.15) is 0 Å². The van der Waals surface area contributed by atoms with Gasteiger partial charge in [0.15, 0.2) is 16.4 Å². The molecule has 0 unspecified atom stereocenters. The predicted octanol–water partition coefficient (Wildman–Crippen LogP) is 2.45. The minimum absolute atomic E-state index is 0.117. The van der Waals surface area contributed by atoms with Crippen LogP contribution in [0.3, 0.4) is 0 Å². The molecule has 0 saturated carbocycles. The van der Waals surface area contributed by atoms with Crippen molar-refractivity contribution in [2.75, 3.05) is 31.3 Å². The number of benzene rings is 2. The molecule has 1 N–H and O–H groups in total. The second kappa shape index (κ2) is 10.9. The van der Waals surface area contributed by atoms with E-state index in [2.05, 4.69) is 5.32 Å². The van der Waals surface area contributed by atoms with Crippen LogP contribution in [0.1, 0.15) is 12.0 Å². The van der Waals surface area contributed by atoms with E-state index in [1.165, 1.54) is 19.2 Å². The van der Waals surface area contributed by atoms with Crippen molar-refractivity contribution in [3.63, 3.8) is 0 Å². The molecule has 0 saturated heterocycles. The Kier molecular flexibility index (Phi) is 8.58. The Balaban J connectivity index is 1.76. The number of sulfone groups is 1. The minimum atomic E-state index is -3.64. The maximum Gasteiger partial charge on any atom is 0.307 e. The van der Waals surface area contributed by atoms with Crippen LogP contribution in [0.25, 0.3) is 0 Å². The summed E-state index contributed by atoms with van der Waals surface area (Å²) in [5, 5.41) is 2.94. The van der Waals surface area contributed by atoms with Gasteiger partial charge in [0.2, 0.25) is 5.91 Å².